The minimum atomic E-state index is -0.351. The van der Waals surface area contributed by atoms with E-state index in [1.165, 1.54) is 18.0 Å². The number of halogens is 1. The molecule has 1 unspecified atom stereocenters. The Bertz CT molecular complexity index is 1010. The molecule has 2 N–H and O–H groups in total. The number of hydrogen-bond donors (Lipinski definition) is 2. The molecule has 0 radical (unpaired) electrons. The zero-order chi connectivity index (χ0) is 20.8. The lowest BCUT2D eigenvalue weighted by molar-refractivity contribution is -0.115. The fraction of sp³-hybridized carbons (Fsp3) is 0.136. The molecule has 3 rings (SSSR count). The topological polar surface area (TPSA) is 71.1 Å². The summed E-state index contributed by atoms with van der Waals surface area (Å²) in [6, 6.07) is 18.1. The molecule has 0 saturated heterocycles. The second kappa shape index (κ2) is 9.58. The fourth-order valence-electron chi connectivity index (χ4n) is 2.49. The van der Waals surface area contributed by atoms with Crippen molar-refractivity contribution in [2.24, 2.45) is 0 Å². The van der Waals surface area contributed by atoms with Crippen LogP contribution in [0.1, 0.15) is 22.8 Å². The highest BCUT2D eigenvalue weighted by atomic mass is 35.5. The Labute approximate surface area is 178 Å². The van der Waals surface area contributed by atoms with Crippen LogP contribution in [0.2, 0.25) is 5.02 Å². The van der Waals surface area contributed by atoms with E-state index in [1.54, 1.807) is 24.3 Å². The summed E-state index contributed by atoms with van der Waals surface area (Å²) in [4.78, 5) is 29.7. The normalized spacial score (nSPS) is 11.6. The number of thioether (sulfide) groups is 1. The van der Waals surface area contributed by atoms with Gasteiger partial charge in [0.25, 0.3) is 5.91 Å². The van der Waals surface area contributed by atoms with Gasteiger partial charge in [0.1, 0.15) is 5.82 Å². The number of pyridine rings is 1. The summed E-state index contributed by atoms with van der Waals surface area (Å²) in [6.45, 7) is 3.79. The number of carbonyl (C=O) groups excluding carboxylic acids is 2. The van der Waals surface area contributed by atoms with Crippen molar-refractivity contribution in [2.45, 2.75) is 24.0 Å². The van der Waals surface area contributed by atoms with E-state index < -0.39 is 0 Å². The smallest absolute Gasteiger partial charge is 0.255 e. The SMILES string of the molecule is Cc1ccc(C(=O)Nc2cccc(SC(C)C(=O)Nc3ccc(Cl)cn3)c2)cc1. The van der Waals surface area contributed by atoms with Gasteiger partial charge in [0.05, 0.1) is 10.3 Å². The number of benzene rings is 2. The molecule has 0 saturated carbocycles. The van der Waals surface area contributed by atoms with E-state index in [2.05, 4.69) is 15.6 Å². The van der Waals surface area contributed by atoms with Gasteiger partial charge in [-0.15, -0.1) is 11.8 Å². The predicted octanol–water partition coefficient (Wildman–Crippen LogP) is 5.42. The van der Waals surface area contributed by atoms with Crippen molar-refractivity contribution in [3.63, 3.8) is 0 Å². The van der Waals surface area contributed by atoms with Crippen LogP contribution >= 0.6 is 23.4 Å². The molecule has 0 spiro atoms. The summed E-state index contributed by atoms with van der Waals surface area (Å²) in [6.07, 6.45) is 1.48. The Hall–Kier alpha value is -2.83. The van der Waals surface area contributed by atoms with E-state index >= 15 is 0 Å². The molecule has 7 heteroatoms. The van der Waals surface area contributed by atoms with Gasteiger partial charge in [-0.05, 0) is 56.3 Å². The summed E-state index contributed by atoms with van der Waals surface area (Å²) >= 11 is 7.20. The number of anilines is 2. The quantitative estimate of drug-likeness (QED) is 0.517. The first kappa shape index (κ1) is 20.9. The van der Waals surface area contributed by atoms with Gasteiger partial charge in [-0.1, -0.05) is 35.4 Å². The zero-order valence-electron chi connectivity index (χ0n) is 16.0. The molecule has 0 aliphatic carbocycles. The molecule has 148 valence electrons. The van der Waals surface area contributed by atoms with Crippen LogP contribution < -0.4 is 10.6 Å². The first-order valence-corrected chi connectivity index (χ1v) is 10.2. The van der Waals surface area contributed by atoms with Crippen molar-refractivity contribution >= 4 is 46.7 Å². The standard InChI is InChI=1S/C22H20ClN3O2S/c1-14-6-8-16(9-7-14)22(28)25-18-4-3-5-19(12-18)29-15(2)21(27)26-20-11-10-17(23)13-24-20/h3-13,15H,1-2H3,(H,25,28)(H,24,26,27). The first-order chi connectivity index (χ1) is 13.9. The highest BCUT2D eigenvalue weighted by Gasteiger charge is 2.15. The summed E-state index contributed by atoms with van der Waals surface area (Å²) in [5, 5.41) is 5.81. The monoisotopic (exact) mass is 425 g/mol. The third-order valence-electron chi connectivity index (χ3n) is 4.07. The molecule has 0 bridgehead atoms. The first-order valence-electron chi connectivity index (χ1n) is 8.98. The third-order valence-corrected chi connectivity index (χ3v) is 5.38. The summed E-state index contributed by atoms with van der Waals surface area (Å²) in [5.41, 5.74) is 2.37. The number of amides is 2. The molecule has 0 aliphatic rings. The van der Waals surface area contributed by atoms with Gasteiger partial charge in [-0.3, -0.25) is 9.59 Å². The average molecular weight is 426 g/mol. The number of carbonyl (C=O) groups is 2. The van der Waals surface area contributed by atoms with E-state index in [9.17, 15) is 9.59 Å². The highest BCUT2D eigenvalue weighted by Crippen LogP contribution is 2.27. The molecule has 2 aromatic carbocycles. The fourth-order valence-corrected chi connectivity index (χ4v) is 3.53. The zero-order valence-corrected chi connectivity index (χ0v) is 17.6. The maximum Gasteiger partial charge on any atom is 0.255 e. The molecular weight excluding hydrogens is 406 g/mol. The Morgan fingerprint density at radius 2 is 1.79 bits per heavy atom. The molecule has 0 fully saturated rings. The van der Waals surface area contributed by atoms with E-state index in [0.717, 1.165) is 10.5 Å². The molecule has 3 aromatic rings. The van der Waals surface area contributed by atoms with E-state index in [1.807, 2.05) is 50.2 Å². The van der Waals surface area contributed by atoms with Gasteiger partial charge >= 0.3 is 0 Å². The van der Waals surface area contributed by atoms with Crippen LogP contribution in [-0.4, -0.2) is 22.0 Å². The lowest BCUT2D eigenvalue weighted by Crippen LogP contribution is -2.22. The predicted molar refractivity (Wildman–Crippen MR) is 119 cm³/mol. The molecule has 5 nitrogen and oxygen atoms in total. The largest absolute Gasteiger partial charge is 0.322 e. The van der Waals surface area contributed by atoms with Crippen LogP contribution in [0.3, 0.4) is 0 Å². The summed E-state index contributed by atoms with van der Waals surface area (Å²) < 4.78 is 0. The molecule has 0 aliphatic heterocycles. The van der Waals surface area contributed by atoms with Gasteiger partial charge in [-0.2, -0.15) is 0 Å². The van der Waals surface area contributed by atoms with Crippen molar-refractivity contribution in [3.8, 4) is 0 Å². The Morgan fingerprint density at radius 3 is 2.48 bits per heavy atom. The second-order valence-electron chi connectivity index (χ2n) is 6.46. The Kier molecular flexibility index (Phi) is 6.90. The van der Waals surface area contributed by atoms with Crippen molar-refractivity contribution in [2.75, 3.05) is 10.6 Å². The lowest BCUT2D eigenvalue weighted by atomic mass is 10.1. The van der Waals surface area contributed by atoms with Crippen LogP contribution in [-0.2, 0) is 4.79 Å². The average Bonchev–Trinajstić information content (AvgIpc) is 2.70. The van der Waals surface area contributed by atoms with Crippen molar-refractivity contribution < 1.29 is 9.59 Å². The minimum absolute atomic E-state index is 0.168. The number of hydrogen-bond acceptors (Lipinski definition) is 4. The Balaban J connectivity index is 1.61. The van der Waals surface area contributed by atoms with Gasteiger partial charge < -0.3 is 10.6 Å². The maximum atomic E-state index is 12.4. The number of rotatable bonds is 6. The summed E-state index contributed by atoms with van der Waals surface area (Å²) in [5.74, 6) is 0.108. The van der Waals surface area contributed by atoms with Gasteiger partial charge in [0.15, 0.2) is 0 Å². The van der Waals surface area contributed by atoms with Crippen LogP contribution in [0.15, 0.2) is 71.8 Å². The molecule has 1 aromatic heterocycles. The van der Waals surface area contributed by atoms with Crippen LogP contribution in [0.4, 0.5) is 11.5 Å². The number of nitrogens with zero attached hydrogens (tertiary/aromatic N) is 1. The van der Waals surface area contributed by atoms with Crippen LogP contribution in [0.25, 0.3) is 0 Å². The molecule has 2 amide bonds. The molecular formula is C22H20ClN3O2S. The number of nitrogens with one attached hydrogen (secondary N) is 2. The highest BCUT2D eigenvalue weighted by molar-refractivity contribution is 8.00. The van der Waals surface area contributed by atoms with Crippen molar-refractivity contribution in [1.29, 1.82) is 0 Å². The van der Waals surface area contributed by atoms with E-state index in [4.69, 9.17) is 11.6 Å². The molecule has 1 heterocycles. The van der Waals surface area contributed by atoms with Crippen LogP contribution in [0.5, 0.6) is 0 Å². The third kappa shape index (κ3) is 6.07. The number of aromatic nitrogens is 1. The van der Waals surface area contributed by atoms with Crippen molar-refractivity contribution in [1.82, 2.24) is 4.98 Å². The summed E-state index contributed by atoms with van der Waals surface area (Å²) in [7, 11) is 0. The number of aryl methyl sites for hydroxylation is 1. The molecule has 1 atom stereocenters. The van der Waals surface area contributed by atoms with E-state index in [0.29, 0.717) is 22.1 Å². The second-order valence-corrected chi connectivity index (χ2v) is 8.31. The lowest BCUT2D eigenvalue weighted by Gasteiger charge is -2.13. The minimum Gasteiger partial charge on any atom is -0.322 e. The van der Waals surface area contributed by atoms with Gasteiger partial charge in [0.2, 0.25) is 5.91 Å². The van der Waals surface area contributed by atoms with Crippen LogP contribution in [0, 0.1) is 6.92 Å². The Morgan fingerprint density at radius 1 is 1.03 bits per heavy atom. The van der Waals surface area contributed by atoms with E-state index in [-0.39, 0.29) is 17.1 Å². The van der Waals surface area contributed by atoms with Gasteiger partial charge in [0, 0.05) is 22.3 Å². The van der Waals surface area contributed by atoms with Gasteiger partial charge in [-0.25, -0.2) is 4.98 Å². The van der Waals surface area contributed by atoms with Crippen molar-refractivity contribution in [3.05, 3.63) is 83.0 Å². The maximum absolute atomic E-state index is 12.4. The molecule has 29 heavy (non-hydrogen) atoms.